The van der Waals surface area contributed by atoms with E-state index in [1.807, 2.05) is 25.3 Å². The van der Waals surface area contributed by atoms with E-state index >= 15 is 0 Å². The van der Waals surface area contributed by atoms with Crippen LogP contribution in [0.3, 0.4) is 0 Å². The lowest BCUT2D eigenvalue weighted by molar-refractivity contribution is 0.412. The second-order valence-corrected chi connectivity index (χ2v) is 5.15. The number of aromatic nitrogens is 3. The number of nitrogens with one attached hydrogen (secondary N) is 1. The molecular weight excluding hydrogens is 297 g/mol. The molecule has 2 aromatic heterocycles. The number of methoxy groups -OCH3 is 1. The van der Waals surface area contributed by atoms with Crippen molar-refractivity contribution in [3.8, 4) is 17.0 Å². The molecular formula is C14H11Cl2N3O. The summed E-state index contributed by atoms with van der Waals surface area (Å²) in [7, 11) is 1.65. The fourth-order valence-electron chi connectivity index (χ4n) is 2.21. The van der Waals surface area contributed by atoms with Crippen LogP contribution in [0.25, 0.3) is 22.2 Å². The van der Waals surface area contributed by atoms with Crippen molar-refractivity contribution in [3.05, 3.63) is 40.4 Å². The first-order chi connectivity index (χ1) is 9.60. The highest BCUT2D eigenvalue weighted by molar-refractivity contribution is 6.34. The first kappa shape index (κ1) is 13.2. The maximum absolute atomic E-state index is 6.16. The second-order valence-electron chi connectivity index (χ2n) is 4.41. The third-order valence-electron chi connectivity index (χ3n) is 3.17. The average molecular weight is 308 g/mol. The van der Waals surface area contributed by atoms with Gasteiger partial charge in [-0.1, -0.05) is 11.6 Å². The highest BCUT2D eigenvalue weighted by atomic mass is 35.5. The van der Waals surface area contributed by atoms with Gasteiger partial charge in [0.25, 0.3) is 0 Å². The number of H-pyrrole nitrogens is 1. The maximum Gasteiger partial charge on any atom is 0.222 e. The molecule has 0 aliphatic carbocycles. The van der Waals surface area contributed by atoms with Crippen LogP contribution in [-0.2, 0) is 0 Å². The molecule has 3 rings (SSSR count). The number of hydrogen-bond donors (Lipinski definition) is 1. The molecule has 2 heterocycles. The third kappa shape index (κ3) is 2.11. The number of benzene rings is 1. The third-order valence-corrected chi connectivity index (χ3v) is 3.63. The summed E-state index contributed by atoms with van der Waals surface area (Å²) in [5.41, 5.74) is 3.51. The Bertz CT molecular complexity index is 798. The van der Waals surface area contributed by atoms with Crippen LogP contribution >= 0.6 is 23.2 Å². The zero-order valence-electron chi connectivity index (χ0n) is 10.9. The Morgan fingerprint density at radius 3 is 2.80 bits per heavy atom. The smallest absolute Gasteiger partial charge is 0.222 e. The van der Waals surface area contributed by atoms with Crippen LogP contribution in [0.1, 0.15) is 5.56 Å². The molecule has 102 valence electrons. The van der Waals surface area contributed by atoms with Crippen LogP contribution in [-0.4, -0.2) is 22.1 Å². The maximum atomic E-state index is 6.16. The van der Waals surface area contributed by atoms with Crippen molar-refractivity contribution >= 4 is 34.1 Å². The van der Waals surface area contributed by atoms with E-state index in [-0.39, 0.29) is 5.28 Å². The Hall–Kier alpha value is -1.78. The van der Waals surface area contributed by atoms with E-state index < -0.39 is 0 Å². The van der Waals surface area contributed by atoms with Gasteiger partial charge in [-0.15, -0.1) is 0 Å². The van der Waals surface area contributed by atoms with Gasteiger partial charge < -0.3 is 9.72 Å². The van der Waals surface area contributed by atoms with Gasteiger partial charge in [0.15, 0.2) is 0 Å². The van der Waals surface area contributed by atoms with Crippen LogP contribution in [0.15, 0.2) is 24.5 Å². The molecule has 0 fully saturated rings. The van der Waals surface area contributed by atoms with E-state index in [1.54, 1.807) is 7.11 Å². The summed E-state index contributed by atoms with van der Waals surface area (Å²) in [5, 5.41) is 1.59. The Morgan fingerprint density at radius 1 is 1.25 bits per heavy atom. The van der Waals surface area contributed by atoms with E-state index in [1.165, 1.54) is 6.20 Å². The van der Waals surface area contributed by atoms with E-state index in [2.05, 4.69) is 15.0 Å². The van der Waals surface area contributed by atoms with E-state index in [0.29, 0.717) is 10.7 Å². The summed E-state index contributed by atoms with van der Waals surface area (Å²) < 4.78 is 5.36. The lowest BCUT2D eigenvalue weighted by Crippen LogP contribution is -1.89. The van der Waals surface area contributed by atoms with E-state index in [0.717, 1.165) is 27.8 Å². The SMILES string of the molecule is COc1cc2c(-c3nc(Cl)ncc3Cl)c[nH]c2cc1C. The lowest BCUT2D eigenvalue weighted by atomic mass is 10.1. The van der Waals surface area contributed by atoms with Crippen LogP contribution in [0.5, 0.6) is 5.75 Å². The summed E-state index contributed by atoms with van der Waals surface area (Å²) >= 11 is 12.0. The minimum absolute atomic E-state index is 0.165. The lowest BCUT2D eigenvalue weighted by Gasteiger charge is -2.06. The number of aryl methyl sites for hydroxylation is 1. The Labute approximate surface area is 125 Å². The molecule has 20 heavy (non-hydrogen) atoms. The average Bonchev–Trinajstić information content (AvgIpc) is 2.83. The first-order valence-electron chi connectivity index (χ1n) is 5.94. The van der Waals surface area contributed by atoms with Crippen molar-refractivity contribution in [2.24, 2.45) is 0 Å². The molecule has 1 aromatic carbocycles. The Balaban J connectivity index is 2.29. The van der Waals surface area contributed by atoms with E-state index in [9.17, 15) is 0 Å². The molecule has 0 unspecified atom stereocenters. The summed E-state index contributed by atoms with van der Waals surface area (Å²) in [5.74, 6) is 0.814. The van der Waals surface area contributed by atoms with Crippen LogP contribution in [0.2, 0.25) is 10.3 Å². The van der Waals surface area contributed by atoms with Crippen LogP contribution in [0.4, 0.5) is 0 Å². The fourth-order valence-corrected chi connectivity index (χ4v) is 2.53. The summed E-state index contributed by atoms with van der Waals surface area (Å²) in [4.78, 5) is 11.3. The van der Waals surface area contributed by atoms with Gasteiger partial charge in [0.05, 0.1) is 24.0 Å². The summed E-state index contributed by atoms with van der Waals surface area (Å²) in [6.45, 7) is 1.99. The highest BCUT2D eigenvalue weighted by Crippen LogP contribution is 2.35. The van der Waals surface area contributed by atoms with Crippen molar-refractivity contribution in [3.63, 3.8) is 0 Å². The molecule has 1 N–H and O–H groups in total. The number of ether oxygens (including phenoxy) is 1. The number of rotatable bonds is 2. The fraction of sp³-hybridized carbons (Fsp3) is 0.143. The number of aromatic amines is 1. The molecule has 0 atom stereocenters. The predicted molar refractivity (Wildman–Crippen MR) is 80.6 cm³/mol. The minimum Gasteiger partial charge on any atom is -0.496 e. The minimum atomic E-state index is 0.165. The number of hydrogen-bond acceptors (Lipinski definition) is 3. The molecule has 0 amide bonds. The highest BCUT2D eigenvalue weighted by Gasteiger charge is 2.14. The van der Waals surface area contributed by atoms with E-state index in [4.69, 9.17) is 27.9 Å². The van der Waals surface area contributed by atoms with Gasteiger partial charge in [0.2, 0.25) is 5.28 Å². The van der Waals surface area contributed by atoms with Gasteiger partial charge in [0, 0.05) is 22.7 Å². The summed E-state index contributed by atoms with van der Waals surface area (Å²) in [6, 6.07) is 3.98. The molecule has 6 heteroatoms. The number of halogens is 2. The molecule has 0 radical (unpaired) electrons. The van der Waals surface area contributed by atoms with Gasteiger partial charge in [-0.25, -0.2) is 9.97 Å². The Kier molecular flexibility index (Phi) is 3.28. The topological polar surface area (TPSA) is 50.8 Å². The normalized spacial score (nSPS) is 11.0. The molecule has 0 bridgehead atoms. The zero-order valence-corrected chi connectivity index (χ0v) is 12.4. The van der Waals surface area contributed by atoms with Gasteiger partial charge in [-0.2, -0.15) is 0 Å². The zero-order chi connectivity index (χ0) is 14.3. The molecule has 0 spiro atoms. The Morgan fingerprint density at radius 2 is 2.05 bits per heavy atom. The molecule has 0 aliphatic rings. The van der Waals surface area contributed by atoms with Crippen molar-refractivity contribution in [2.45, 2.75) is 6.92 Å². The van der Waals surface area contributed by atoms with Gasteiger partial charge in [-0.3, -0.25) is 0 Å². The molecule has 0 aliphatic heterocycles. The van der Waals surface area contributed by atoms with Crippen molar-refractivity contribution in [2.75, 3.05) is 7.11 Å². The van der Waals surface area contributed by atoms with Crippen LogP contribution < -0.4 is 4.74 Å². The molecule has 3 aromatic rings. The van der Waals surface area contributed by atoms with Crippen molar-refractivity contribution in [1.82, 2.24) is 15.0 Å². The van der Waals surface area contributed by atoms with Crippen molar-refractivity contribution in [1.29, 1.82) is 0 Å². The number of nitrogens with zero attached hydrogens (tertiary/aromatic N) is 2. The van der Waals surface area contributed by atoms with Gasteiger partial charge >= 0.3 is 0 Å². The van der Waals surface area contributed by atoms with Crippen LogP contribution in [0, 0.1) is 6.92 Å². The standard InChI is InChI=1S/C14H11Cl2N3O/c1-7-3-11-8(4-12(7)20-2)9(5-17-11)13-10(15)6-18-14(16)19-13/h3-6,17H,1-2H3. The largest absolute Gasteiger partial charge is 0.496 e. The molecule has 0 saturated heterocycles. The second kappa shape index (κ2) is 4.96. The van der Waals surface area contributed by atoms with Gasteiger partial charge in [0.1, 0.15) is 5.75 Å². The summed E-state index contributed by atoms with van der Waals surface area (Å²) in [6.07, 6.45) is 3.35. The molecule has 0 saturated carbocycles. The van der Waals surface area contributed by atoms with Crippen molar-refractivity contribution < 1.29 is 4.74 Å². The number of fused-ring (bicyclic) bond motifs is 1. The van der Waals surface area contributed by atoms with Gasteiger partial charge in [-0.05, 0) is 36.2 Å². The molecule has 4 nitrogen and oxygen atoms in total. The monoisotopic (exact) mass is 307 g/mol. The predicted octanol–water partition coefficient (Wildman–Crippen LogP) is 4.25. The quantitative estimate of drug-likeness (QED) is 0.720. The first-order valence-corrected chi connectivity index (χ1v) is 6.70.